The van der Waals surface area contributed by atoms with E-state index in [1.165, 1.54) is 0 Å². The molecule has 1 aliphatic carbocycles. The number of urea groups is 1. The predicted octanol–water partition coefficient (Wildman–Crippen LogP) is 0.939. The molecular formula is C16H17N3O3. The topological polar surface area (TPSA) is 78.5 Å². The molecule has 4 amide bonds. The molecule has 3 aliphatic rings. The van der Waals surface area contributed by atoms with Gasteiger partial charge in [-0.05, 0) is 37.3 Å². The first-order valence-corrected chi connectivity index (χ1v) is 7.52. The summed E-state index contributed by atoms with van der Waals surface area (Å²) < 4.78 is 0. The molecule has 1 saturated heterocycles. The molecule has 2 N–H and O–H groups in total. The van der Waals surface area contributed by atoms with Crippen molar-refractivity contribution in [1.29, 1.82) is 0 Å². The van der Waals surface area contributed by atoms with Gasteiger partial charge < -0.3 is 10.2 Å². The summed E-state index contributed by atoms with van der Waals surface area (Å²) in [4.78, 5) is 38.1. The summed E-state index contributed by atoms with van der Waals surface area (Å²) in [5.74, 6) is -0.246. The lowest BCUT2D eigenvalue weighted by molar-refractivity contribution is -0.125. The van der Waals surface area contributed by atoms with Gasteiger partial charge in [-0.2, -0.15) is 0 Å². The van der Waals surface area contributed by atoms with Crippen molar-refractivity contribution in [3.63, 3.8) is 0 Å². The summed E-state index contributed by atoms with van der Waals surface area (Å²) in [6.45, 7) is 2.68. The lowest BCUT2D eigenvalue weighted by Crippen LogP contribution is -2.57. The van der Waals surface area contributed by atoms with Crippen LogP contribution in [-0.4, -0.2) is 34.8 Å². The average Bonchev–Trinajstić information content (AvgIpc) is 3.22. The van der Waals surface area contributed by atoms with Gasteiger partial charge in [0.15, 0.2) is 0 Å². The zero-order valence-corrected chi connectivity index (χ0v) is 12.3. The van der Waals surface area contributed by atoms with E-state index in [1.54, 1.807) is 4.90 Å². The van der Waals surface area contributed by atoms with Crippen LogP contribution in [0, 0.1) is 12.8 Å². The minimum absolute atomic E-state index is 0.0623. The predicted molar refractivity (Wildman–Crippen MR) is 78.0 cm³/mol. The number of nitrogens with zero attached hydrogens (tertiary/aromatic N) is 1. The van der Waals surface area contributed by atoms with Gasteiger partial charge >= 0.3 is 6.03 Å². The second kappa shape index (κ2) is 4.32. The Bertz CT molecular complexity index is 711. The first kappa shape index (κ1) is 13.3. The lowest BCUT2D eigenvalue weighted by atomic mass is 9.92. The van der Waals surface area contributed by atoms with E-state index in [0.29, 0.717) is 12.1 Å². The first-order chi connectivity index (χ1) is 10.5. The van der Waals surface area contributed by atoms with Crippen molar-refractivity contribution in [2.45, 2.75) is 31.8 Å². The standard InChI is InChI=1S/C16H17N3O3/c1-9-2-3-10-7-19(13(20)12(10)6-9)8-16(11-4-5-11)14(21)17-15(22)18-16/h2-3,6,11H,4-5,7-8H2,1H3,(H2,17,18,21,22). The molecule has 6 nitrogen and oxygen atoms in total. The molecule has 22 heavy (non-hydrogen) atoms. The summed E-state index contributed by atoms with van der Waals surface area (Å²) in [6.07, 6.45) is 1.81. The van der Waals surface area contributed by atoms with Gasteiger partial charge in [-0.1, -0.05) is 17.7 Å². The second-order valence-corrected chi connectivity index (χ2v) is 6.48. The number of hydrogen-bond donors (Lipinski definition) is 2. The third kappa shape index (κ3) is 1.83. The van der Waals surface area contributed by atoms with Gasteiger partial charge in [0.2, 0.25) is 0 Å². The van der Waals surface area contributed by atoms with Crippen LogP contribution < -0.4 is 10.6 Å². The first-order valence-electron chi connectivity index (χ1n) is 7.52. The zero-order chi connectivity index (χ0) is 15.5. The molecule has 114 valence electrons. The van der Waals surface area contributed by atoms with Gasteiger partial charge in [0, 0.05) is 12.1 Å². The monoisotopic (exact) mass is 299 g/mol. The van der Waals surface area contributed by atoms with Crippen LogP contribution in [0.5, 0.6) is 0 Å². The fourth-order valence-corrected chi connectivity index (χ4v) is 3.51. The molecule has 1 aromatic rings. The van der Waals surface area contributed by atoms with Crippen LogP contribution in [0.25, 0.3) is 0 Å². The van der Waals surface area contributed by atoms with Crippen LogP contribution in [0.15, 0.2) is 18.2 Å². The van der Waals surface area contributed by atoms with Gasteiger partial charge in [0.25, 0.3) is 11.8 Å². The Morgan fingerprint density at radius 3 is 2.68 bits per heavy atom. The van der Waals surface area contributed by atoms with E-state index in [0.717, 1.165) is 24.0 Å². The van der Waals surface area contributed by atoms with E-state index in [2.05, 4.69) is 10.6 Å². The number of amides is 4. The highest BCUT2D eigenvalue weighted by Gasteiger charge is 2.57. The van der Waals surface area contributed by atoms with E-state index in [1.807, 2.05) is 25.1 Å². The highest BCUT2D eigenvalue weighted by atomic mass is 16.2. The maximum Gasteiger partial charge on any atom is 0.322 e. The van der Waals surface area contributed by atoms with Crippen LogP contribution in [0.4, 0.5) is 4.79 Å². The normalized spacial score (nSPS) is 27.0. The number of nitrogens with one attached hydrogen (secondary N) is 2. The molecule has 1 atom stereocenters. The Balaban J connectivity index is 1.63. The van der Waals surface area contributed by atoms with Crippen LogP contribution in [-0.2, 0) is 11.3 Å². The highest BCUT2D eigenvalue weighted by molar-refractivity contribution is 6.08. The minimum atomic E-state index is -0.955. The van der Waals surface area contributed by atoms with Crippen molar-refractivity contribution in [3.8, 4) is 0 Å². The summed E-state index contributed by atoms with van der Waals surface area (Å²) in [5.41, 5.74) is 1.77. The minimum Gasteiger partial charge on any atom is -0.331 e. The molecule has 0 bridgehead atoms. The van der Waals surface area contributed by atoms with Crippen LogP contribution in [0.2, 0.25) is 0 Å². The highest BCUT2D eigenvalue weighted by Crippen LogP contribution is 2.42. The summed E-state index contributed by atoms with van der Waals surface area (Å²) in [6, 6.07) is 5.36. The number of carbonyl (C=O) groups excluding carboxylic acids is 3. The van der Waals surface area contributed by atoms with Gasteiger partial charge in [0.1, 0.15) is 5.54 Å². The molecule has 1 unspecified atom stereocenters. The molecule has 4 rings (SSSR count). The number of carbonyl (C=O) groups is 3. The summed E-state index contributed by atoms with van der Waals surface area (Å²) in [5, 5.41) is 5.09. The van der Waals surface area contributed by atoms with Crippen molar-refractivity contribution in [1.82, 2.24) is 15.5 Å². The number of benzene rings is 1. The quantitative estimate of drug-likeness (QED) is 0.815. The van der Waals surface area contributed by atoms with E-state index >= 15 is 0 Å². The van der Waals surface area contributed by atoms with Gasteiger partial charge in [-0.15, -0.1) is 0 Å². The SMILES string of the molecule is Cc1ccc2c(c1)C(=O)N(CC1(C3CC3)NC(=O)NC1=O)C2. The fourth-order valence-electron chi connectivity index (χ4n) is 3.51. The van der Waals surface area contributed by atoms with E-state index in [-0.39, 0.29) is 24.3 Å². The van der Waals surface area contributed by atoms with Gasteiger partial charge in [0.05, 0.1) is 6.54 Å². The zero-order valence-electron chi connectivity index (χ0n) is 12.3. The molecule has 2 fully saturated rings. The van der Waals surface area contributed by atoms with E-state index < -0.39 is 11.6 Å². The van der Waals surface area contributed by atoms with Gasteiger partial charge in [-0.25, -0.2) is 4.79 Å². The smallest absolute Gasteiger partial charge is 0.322 e. The van der Waals surface area contributed by atoms with Gasteiger partial charge in [-0.3, -0.25) is 14.9 Å². The third-order valence-electron chi connectivity index (χ3n) is 4.83. The van der Waals surface area contributed by atoms with Crippen molar-refractivity contribution in [2.24, 2.45) is 5.92 Å². The number of rotatable bonds is 3. The van der Waals surface area contributed by atoms with Crippen molar-refractivity contribution < 1.29 is 14.4 Å². The Kier molecular flexibility index (Phi) is 2.61. The summed E-state index contributed by atoms with van der Waals surface area (Å²) >= 11 is 0. The number of imide groups is 1. The molecular weight excluding hydrogens is 282 g/mol. The Morgan fingerprint density at radius 2 is 2.05 bits per heavy atom. The maximum atomic E-state index is 12.6. The third-order valence-corrected chi connectivity index (χ3v) is 4.83. The Labute approximate surface area is 127 Å². The molecule has 0 radical (unpaired) electrons. The average molecular weight is 299 g/mol. The molecule has 2 aliphatic heterocycles. The summed E-state index contributed by atoms with van der Waals surface area (Å²) in [7, 11) is 0. The van der Waals surface area contributed by atoms with Crippen molar-refractivity contribution >= 4 is 17.8 Å². The number of fused-ring (bicyclic) bond motifs is 1. The molecule has 6 heteroatoms. The molecule has 1 saturated carbocycles. The van der Waals surface area contributed by atoms with Crippen LogP contribution >= 0.6 is 0 Å². The second-order valence-electron chi connectivity index (χ2n) is 6.48. The number of aryl methyl sites for hydroxylation is 1. The van der Waals surface area contributed by atoms with E-state index in [4.69, 9.17) is 0 Å². The molecule has 0 spiro atoms. The fraction of sp³-hybridized carbons (Fsp3) is 0.438. The molecule has 2 heterocycles. The molecule has 0 aromatic heterocycles. The molecule has 1 aromatic carbocycles. The van der Waals surface area contributed by atoms with Crippen molar-refractivity contribution in [2.75, 3.05) is 6.54 Å². The lowest BCUT2D eigenvalue weighted by Gasteiger charge is -2.30. The Morgan fingerprint density at radius 1 is 1.27 bits per heavy atom. The maximum absolute atomic E-state index is 12.6. The largest absolute Gasteiger partial charge is 0.331 e. The van der Waals surface area contributed by atoms with Crippen molar-refractivity contribution in [3.05, 3.63) is 34.9 Å². The Hall–Kier alpha value is -2.37. The van der Waals surface area contributed by atoms with E-state index in [9.17, 15) is 14.4 Å². The van der Waals surface area contributed by atoms with Crippen LogP contribution in [0.3, 0.4) is 0 Å². The number of hydrogen-bond acceptors (Lipinski definition) is 3. The van der Waals surface area contributed by atoms with Crippen LogP contribution in [0.1, 0.15) is 34.3 Å².